The zero-order valence-corrected chi connectivity index (χ0v) is 23.3. The molecule has 2 aromatic heterocycles. The van der Waals surface area contributed by atoms with E-state index in [1.807, 2.05) is 35.2 Å². The lowest BCUT2D eigenvalue weighted by atomic mass is 9.89. The third-order valence-electron chi connectivity index (χ3n) is 7.86. The summed E-state index contributed by atoms with van der Waals surface area (Å²) in [4.78, 5) is 18.1. The molecule has 1 aliphatic rings. The van der Waals surface area contributed by atoms with Crippen LogP contribution in [0, 0.1) is 5.82 Å². The van der Waals surface area contributed by atoms with Crippen LogP contribution in [0.2, 0.25) is 0 Å². The van der Waals surface area contributed by atoms with E-state index >= 15 is 0 Å². The van der Waals surface area contributed by atoms with Crippen molar-refractivity contribution in [1.29, 1.82) is 0 Å². The van der Waals surface area contributed by atoms with Crippen LogP contribution in [0.25, 0.3) is 10.9 Å². The molecule has 0 bridgehead atoms. The number of nitrogens with zero attached hydrogens (tertiary/aromatic N) is 3. The van der Waals surface area contributed by atoms with Crippen molar-refractivity contribution in [1.82, 2.24) is 9.47 Å². The summed E-state index contributed by atoms with van der Waals surface area (Å²) < 4.78 is 21.0. The van der Waals surface area contributed by atoms with Crippen LogP contribution in [0.1, 0.15) is 29.0 Å². The summed E-state index contributed by atoms with van der Waals surface area (Å²) in [7, 11) is 1.67. The average molecular weight is 554 g/mol. The summed E-state index contributed by atoms with van der Waals surface area (Å²) >= 11 is 1.66. The van der Waals surface area contributed by atoms with Crippen molar-refractivity contribution in [3.05, 3.63) is 118 Å². The number of ether oxygens (including phenoxy) is 1. The normalized spacial score (nSPS) is 14.4. The molecule has 1 aliphatic heterocycles. The van der Waals surface area contributed by atoms with E-state index in [1.54, 1.807) is 18.4 Å². The first-order valence-electron chi connectivity index (χ1n) is 13.6. The number of aromatic nitrogens is 1. The molecule has 3 aromatic carbocycles. The minimum Gasteiger partial charge on any atom is -0.497 e. The first-order chi connectivity index (χ1) is 19.6. The van der Waals surface area contributed by atoms with E-state index in [1.165, 1.54) is 17.7 Å². The molecule has 0 spiro atoms. The number of halogens is 1. The molecule has 0 aliphatic carbocycles. The zero-order valence-electron chi connectivity index (χ0n) is 22.5. The number of hydrogen-bond donors (Lipinski definition) is 0. The Morgan fingerprint density at radius 1 is 0.950 bits per heavy atom. The Morgan fingerprint density at radius 3 is 2.40 bits per heavy atom. The van der Waals surface area contributed by atoms with Crippen LogP contribution < -0.4 is 9.64 Å². The Kier molecular flexibility index (Phi) is 7.55. The molecule has 0 saturated carbocycles. The number of methoxy groups -OCH3 is 1. The van der Waals surface area contributed by atoms with Gasteiger partial charge in [-0.1, -0.05) is 30.3 Å². The van der Waals surface area contributed by atoms with E-state index in [0.717, 1.165) is 46.6 Å². The summed E-state index contributed by atoms with van der Waals surface area (Å²) in [6.45, 7) is 3.65. The molecular weight excluding hydrogens is 521 g/mol. The molecule has 5 nitrogen and oxygen atoms in total. The largest absolute Gasteiger partial charge is 0.497 e. The average Bonchev–Trinajstić information content (AvgIpc) is 3.66. The first kappa shape index (κ1) is 26.1. The predicted octanol–water partition coefficient (Wildman–Crippen LogP) is 6.77. The van der Waals surface area contributed by atoms with Crippen LogP contribution in [0.4, 0.5) is 10.1 Å². The Balaban J connectivity index is 1.23. The number of amides is 1. The molecule has 7 heteroatoms. The molecule has 5 aromatic rings. The van der Waals surface area contributed by atoms with Gasteiger partial charge in [0, 0.05) is 67.8 Å². The second kappa shape index (κ2) is 11.6. The van der Waals surface area contributed by atoms with Gasteiger partial charge >= 0.3 is 0 Å². The van der Waals surface area contributed by atoms with Crippen molar-refractivity contribution in [3.63, 3.8) is 0 Å². The second-order valence-corrected chi connectivity index (χ2v) is 11.0. The minimum absolute atomic E-state index is 0.0438. The van der Waals surface area contributed by atoms with E-state index in [2.05, 4.69) is 62.8 Å². The lowest BCUT2D eigenvalue weighted by Gasteiger charge is -2.36. The van der Waals surface area contributed by atoms with Crippen LogP contribution in [0.15, 0.2) is 95.8 Å². The Labute approximate surface area is 238 Å². The van der Waals surface area contributed by atoms with E-state index in [0.29, 0.717) is 26.1 Å². The molecule has 3 heterocycles. The fourth-order valence-corrected chi connectivity index (χ4v) is 6.38. The van der Waals surface area contributed by atoms with Gasteiger partial charge in [0.2, 0.25) is 5.91 Å². The quantitative estimate of drug-likeness (QED) is 0.213. The van der Waals surface area contributed by atoms with Crippen molar-refractivity contribution in [3.8, 4) is 5.75 Å². The number of carbonyl (C=O) groups is 1. The molecule has 0 radical (unpaired) electrons. The maximum atomic E-state index is 13.7. The number of para-hydroxylation sites is 1. The van der Waals surface area contributed by atoms with Gasteiger partial charge in [-0.15, -0.1) is 0 Å². The summed E-state index contributed by atoms with van der Waals surface area (Å²) in [5, 5.41) is 5.39. The Bertz CT molecular complexity index is 1570. The van der Waals surface area contributed by atoms with Gasteiger partial charge in [0.1, 0.15) is 11.6 Å². The van der Waals surface area contributed by atoms with Gasteiger partial charge < -0.3 is 19.1 Å². The lowest BCUT2D eigenvalue weighted by molar-refractivity contribution is -0.131. The highest BCUT2D eigenvalue weighted by Crippen LogP contribution is 2.36. The molecule has 6 rings (SSSR count). The van der Waals surface area contributed by atoms with Crippen molar-refractivity contribution in [2.75, 3.05) is 38.2 Å². The van der Waals surface area contributed by atoms with Crippen LogP contribution >= 0.6 is 11.3 Å². The number of anilines is 1. The van der Waals surface area contributed by atoms with Gasteiger partial charge in [-0.2, -0.15) is 11.3 Å². The molecule has 1 atom stereocenters. The zero-order chi connectivity index (χ0) is 27.5. The molecular formula is C33H32FN3O2S. The second-order valence-electron chi connectivity index (χ2n) is 10.2. The van der Waals surface area contributed by atoms with Gasteiger partial charge in [0.15, 0.2) is 0 Å². The SMILES string of the molecule is COc1ccc(N2CCN(C(=O)CC(c3ccsc3)c3cn(Cc4ccc(F)cc4)c4ccccc34)CC2)cc1. The molecule has 40 heavy (non-hydrogen) atoms. The molecule has 1 unspecified atom stereocenters. The van der Waals surface area contributed by atoms with Crippen LogP contribution in [-0.4, -0.2) is 48.7 Å². The smallest absolute Gasteiger partial charge is 0.223 e. The van der Waals surface area contributed by atoms with Gasteiger partial charge in [-0.3, -0.25) is 4.79 Å². The van der Waals surface area contributed by atoms with E-state index in [-0.39, 0.29) is 17.6 Å². The number of benzene rings is 3. The van der Waals surface area contributed by atoms with Crippen molar-refractivity contribution >= 4 is 33.8 Å². The standard InChI is InChI=1S/C33H32FN3O2S/c1-39-28-12-10-27(11-13-28)35-15-17-36(18-16-35)33(38)20-30(25-14-19-40-23-25)31-22-37(32-5-3-2-4-29(31)32)21-24-6-8-26(34)9-7-24/h2-14,19,22-23,30H,15-18,20-21H2,1H3. The number of piperazine rings is 1. The number of thiophene rings is 1. The van der Waals surface area contributed by atoms with Crippen molar-refractivity contribution < 1.29 is 13.9 Å². The highest BCUT2D eigenvalue weighted by atomic mass is 32.1. The number of fused-ring (bicyclic) bond motifs is 1. The Morgan fingerprint density at radius 2 is 1.70 bits per heavy atom. The molecule has 204 valence electrons. The van der Waals surface area contributed by atoms with E-state index < -0.39 is 0 Å². The highest BCUT2D eigenvalue weighted by Gasteiger charge is 2.27. The van der Waals surface area contributed by atoms with Crippen molar-refractivity contribution in [2.45, 2.75) is 18.9 Å². The van der Waals surface area contributed by atoms with Gasteiger partial charge in [0.05, 0.1) is 7.11 Å². The summed E-state index contributed by atoms with van der Waals surface area (Å²) in [5.74, 6) is 0.748. The molecule has 0 N–H and O–H groups in total. The number of carbonyl (C=O) groups excluding carboxylic acids is 1. The fourth-order valence-electron chi connectivity index (χ4n) is 5.66. The Hall–Kier alpha value is -4.10. The molecule has 1 saturated heterocycles. The van der Waals surface area contributed by atoms with Crippen LogP contribution in [-0.2, 0) is 11.3 Å². The number of rotatable bonds is 8. The summed E-state index contributed by atoms with van der Waals surface area (Å²) in [5.41, 5.74) is 5.62. The molecule has 1 amide bonds. The summed E-state index contributed by atoms with van der Waals surface area (Å²) in [6, 6.07) is 25.3. The lowest BCUT2D eigenvalue weighted by Crippen LogP contribution is -2.49. The molecule has 1 fully saturated rings. The van der Waals surface area contributed by atoms with Gasteiger partial charge in [-0.25, -0.2) is 4.39 Å². The topological polar surface area (TPSA) is 37.7 Å². The van der Waals surface area contributed by atoms with Crippen LogP contribution in [0.5, 0.6) is 5.75 Å². The highest BCUT2D eigenvalue weighted by molar-refractivity contribution is 7.08. The third kappa shape index (κ3) is 5.47. The third-order valence-corrected chi connectivity index (χ3v) is 8.56. The fraction of sp³-hybridized carbons (Fsp3) is 0.242. The van der Waals surface area contributed by atoms with Gasteiger partial charge in [-0.05, 0) is 76.0 Å². The maximum Gasteiger partial charge on any atom is 0.223 e. The van der Waals surface area contributed by atoms with Crippen LogP contribution in [0.3, 0.4) is 0 Å². The summed E-state index contributed by atoms with van der Waals surface area (Å²) in [6.07, 6.45) is 2.61. The number of hydrogen-bond acceptors (Lipinski definition) is 4. The minimum atomic E-state index is -0.234. The van der Waals surface area contributed by atoms with E-state index in [4.69, 9.17) is 4.74 Å². The van der Waals surface area contributed by atoms with Gasteiger partial charge in [0.25, 0.3) is 0 Å². The predicted molar refractivity (Wildman–Crippen MR) is 160 cm³/mol. The van der Waals surface area contributed by atoms with Crippen molar-refractivity contribution in [2.24, 2.45) is 0 Å². The monoisotopic (exact) mass is 553 g/mol. The maximum absolute atomic E-state index is 13.7. The first-order valence-corrected chi connectivity index (χ1v) is 14.5. The van der Waals surface area contributed by atoms with E-state index in [9.17, 15) is 9.18 Å².